The predicted molar refractivity (Wildman–Crippen MR) is 94.6 cm³/mol. The average Bonchev–Trinajstić information content (AvgIpc) is 3.02. The smallest absolute Gasteiger partial charge is 0.316 e. The maximum absolute atomic E-state index is 11.8. The van der Waals surface area contributed by atoms with Gasteiger partial charge in [-0.2, -0.15) is 9.97 Å². The minimum absolute atomic E-state index is 0.0315. The quantitative estimate of drug-likeness (QED) is 0.888. The molecule has 1 amide bonds. The van der Waals surface area contributed by atoms with Crippen molar-refractivity contribution < 1.29 is 14.3 Å². The van der Waals surface area contributed by atoms with E-state index in [0.717, 1.165) is 43.0 Å². The van der Waals surface area contributed by atoms with Crippen LogP contribution >= 0.6 is 0 Å². The third kappa shape index (κ3) is 3.14. The molecule has 1 saturated heterocycles. The van der Waals surface area contributed by atoms with Crippen LogP contribution in [0.25, 0.3) is 0 Å². The van der Waals surface area contributed by atoms with E-state index in [1.165, 1.54) is 7.11 Å². The Labute approximate surface area is 151 Å². The van der Waals surface area contributed by atoms with Crippen LogP contribution in [0.3, 0.4) is 0 Å². The van der Waals surface area contributed by atoms with Crippen LogP contribution in [0.15, 0.2) is 18.5 Å². The van der Waals surface area contributed by atoms with Crippen molar-refractivity contribution >= 4 is 11.7 Å². The fourth-order valence-electron chi connectivity index (χ4n) is 3.40. The first-order chi connectivity index (χ1) is 12.6. The number of anilines is 1. The molecule has 0 bridgehead atoms. The molecule has 26 heavy (non-hydrogen) atoms. The largest absolute Gasteiger partial charge is 0.487 e. The fraction of sp³-hybridized carbons (Fsp3) is 0.444. The Morgan fingerprint density at radius 2 is 1.96 bits per heavy atom. The lowest BCUT2D eigenvalue weighted by atomic mass is 10.1. The number of aryl methyl sites for hydroxylation is 1. The van der Waals surface area contributed by atoms with E-state index in [4.69, 9.17) is 14.5 Å². The SMILES string of the molecule is COc1ncc(OC2CCN(c3nc4c(cc3C)C(=O)NC4)CC2)cn1. The lowest BCUT2D eigenvalue weighted by molar-refractivity contribution is 0.0965. The van der Waals surface area contributed by atoms with E-state index in [1.807, 2.05) is 13.0 Å². The van der Waals surface area contributed by atoms with Crippen LogP contribution in [0.5, 0.6) is 11.8 Å². The molecule has 2 aromatic heterocycles. The summed E-state index contributed by atoms with van der Waals surface area (Å²) in [6.07, 6.45) is 5.17. The highest BCUT2D eigenvalue weighted by molar-refractivity contribution is 5.98. The van der Waals surface area contributed by atoms with E-state index in [9.17, 15) is 4.79 Å². The van der Waals surface area contributed by atoms with Gasteiger partial charge < -0.3 is 19.7 Å². The van der Waals surface area contributed by atoms with Crippen molar-refractivity contribution in [2.45, 2.75) is 32.4 Å². The first-order valence-electron chi connectivity index (χ1n) is 8.70. The number of piperidine rings is 1. The van der Waals surface area contributed by atoms with Gasteiger partial charge in [0.25, 0.3) is 5.91 Å². The van der Waals surface area contributed by atoms with Crippen LogP contribution < -0.4 is 19.7 Å². The Kier molecular flexibility index (Phi) is 4.32. The van der Waals surface area contributed by atoms with E-state index >= 15 is 0 Å². The van der Waals surface area contributed by atoms with Crippen molar-refractivity contribution in [2.75, 3.05) is 25.1 Å². The number of aromatic nitrogens is 3. The van der Waals surface area contributed by atoms with E-state index in [0.29, 0.717) is 23.9 Å². The summed E-state index contributed by atoms with van der Waals surface area (Å²) in [4.78, 5) is 26.9. The third-order valence-electron chi connectivity index (χ3n) is 4.76. The monoisotopic (exact) mass is 355 g/mol. The zero-order valence-corrected chi connectivity index (χ0v) is 14.9. The van der Waals surface area contributed by atoms with Gasteiger partial charge in [0.2, 0.25) is 0 Å². The van der Waals surface area contributed by atoms with Gasteiger partial charge in [-0.3, -0.25) is 4.79 Å². The molecular weight excluding hydrogens is 334 g/mol. The summed E-state index contributed by atoms with van der Waals surface area (Å²) in [7, 11) is 1.53. The summed E-state index contributed by atoms with van der Waals surface area (Å²) < 4.78 is 10.9. The molecule has 0 aliphatic carbocycles. The number of nitrogens with one attached hydrogen (secondary N) is 1. The highest BCUT2D eigenvalue weighted by Crippen LogP contribution is 2.27. The molecule has 0 unspecified atom stereocenters. The number of fused-ring (bicyclic) bond motifs is 1. The van der Waals surface area contributed by atoms with Gasteiger partial charge >= 0.3 is 6.01 Å². The Morgan fingerprint density at radius 3 is 2.65 bits per heavy atom. The van der Waals surface area contributed by atoms with E-state index < -0.39 is 0 Å². The zero-order chi connectivity index (χ0) is 18.1. The third-order valence-corrected chi connectivity index (χ3v) is 4.76. The van der Waals surface area contributed by atoms with Crippen molar-refractivity contribution in [2.24, 2.45) is 0 Å². The second-order valence-corrected chi connectivity index (χ2v) is 6.52. The molecule has 0 radical (unpaired) electrons. The van der Waals surface area contributed by atoms with Gasteiger partial charge in [0.15, 0.2) is 5.75 Å². The summed E-state index contributed by atoms with van der Waals surface area (Å²) in [5.41, 5.74) is 2.57. The van der Waals surface area contributed by atoms with E-state index in [-0.39, 0.29) is 12.0 Å². The summed E-state index contributed by atoms with van der Waals surface area (Å²) in [5.74, 6) is 1.59. The van der Waals surface area contributed by atoms with Gasteiger partial charge in [0.1, 0.15) is 11.9 Å². The highest BCUT2D eigenvalue weighted by Gasteiger charge is 2.26. The Hall–Kier alpha value is -2.90. The molecule has 0 atom stereocenters. The lowest BCUT2D eigenvalue weighted by Crippen LogP contribution is -2.39. The molecule has 0 saturated carbocycles. The van der Waals surface area contributed by atoms with Crippen LogP contribution in [0.2, 0.25) is 0 Å². The van der Waals surface area contributed by atoms with Crippen molar-refractivity contribution in [1.82, 2.24) is 20.3 Å². The number of hydrogen-bond donors (Lipinski definition) is 1. The van der Waals surface area contributed by atoms with Gasteiger partial charge in [-0.1, -0.05) is 0 Å². The van der Waals surface area contributed by atoms with Crippen LogP contribution in [-0.4, -0.2) is 47.2 Å². The summed E-state index contributed by atoms with van der Waals surface area (Å²) in [6, 6.07) is 2.27. The molecule has 8 heteroatoms. The standard InChI is InChI=1S/C18H21N5O3/c1-11-7-14-15(10-19-17(14)24)22-16(11)23-5-3-12(4-6-23)26-13-8-20-18(25-2)21-9-13/h7-9,12H,3-6,10H2,1-2H3,(H,19,24). The minimum atomic E-state index is -0.0315. The van der Waals surface area contributed by atoms with Gasteiger partial charge in [-0.05, 0) is 18.6 Å². The van der Waals surface area contributed by atoms with Crippen LogP contribution in [0.4, 0.5) is 5.82 Å². The van der Waals surface area contributed by atoms with Crippen LogP contribution in [0.1, 0.15) is 34.5 Å². The molecule has 136 valence electrons. The molecule has 4 heterocycles. The fourth-order valence-corrected chi connectivity index (χ4v) is 3.40. The molecule has 1 N–H and O–H groups in total. The van der Waals surface area contributed by atoms with E-state index in [2.05, 4.69) is 20.2 Å². The molecule has 2 aliphatic rings. The number of rotatable bonds is 4. The molecular formula is C18H21N5O3. The number of carbonyl (C=O) groups is 1. The highest BCUT2D eigenvalue weighted by atomic mass is 16.5. The van der Waals surface area contributed by atoms with Crippen molar-refractivity contribution in [3.8, 4) is 11.8 Å². The lowest BCUT2D eigenvalue weighted by Gasteiger charge is -2.33. The number of nitrogens with zero attached hydrogens (tertiary/aromatic N) is 4. The number of pyridine rings is 1. The average molecular weight is 355 g/mol. The molecule has 1 fully saturated rings. The number of hydrogen-bond acceptors (Lipinski definition) is 7. The second-order valence-electron chi connectivity index (χ2n) is 6.52. The van der Waals surface area contributed by atoms with Crippen LogP contribution in [-0.2, 0) is 6.54 Å². The maximum Gasteiger partial charge on any atom is 0.316 e. The van der Waals surface area contributed by atoms with Gasteiger partial charge in [-0.25, -0.2) is 4.98 Å². The van der Waals surface area contributed by atoms with Crippen molar-refractivity contribution in [3.63, 3.8) is 0 Å². The maximum atomic E-state index is 11.8. The first-order valence-corrected chi connectivity index (χ1v) is 8.70. The van der Waals surface area contributed by atoms with E-state index in [1.54, 1.807) is 12.4 Å². The Morgan fingerprint density at radius 1 is 1.23 bits per heavy atom. The predicted octanol–water partition coefficient (Wildman–Crippen LogP) is 1.48. The summed E-state index contributed by atoms with van der Waals surface area (Å²) >= 11 is 0. The van der Waals surface area contributed by atoms with Crippen molar-refractivity contribution in [1.29, 1.82) is 0 Å². The molecule has 2 aromatic rings. The van der Waals surface area contributed by atoms with Gasteiger partial charge in [0, 0.05) is 25.9 Å². The molecule has 2 aliphatic heterocycles. The van der Waals surface area contributed by atoms with Gasteiger partial charge in [0.05, 0.1) is 37.3 Å². The second kappa shape index (κ2) is 6.78. The Balaban J connectivity index is 1.40. The number of ether oxygens (including phenoxy) is 2. The van der Waals surface area contributed by atoms with Gasteiger partial charge in [-0.15, -0.1) is 0 Å². The number of amides is 1. The molecule has 0 aromatic carbocycles. The number of methoxy groups -OCH3 is 1. The number of carbonyl (C=O) groups excluding carboxylic acids is 1. The van der Waals surface area contributed by atoms with Crippen LogP contribution in [0, 0.1) is 6.92 Å². The first kappa shape index (κ1) is 16.6. The molecule has 4 rings (SSSR count). The normalized spacial score (nSPS) is 17.0. The molecule has 0 spiro atoms. The zero-order valence-electron chi connectivity index (χ0n) is 14.9. The van der Waals surface area contributed by atoms with Crippen molar-refractivity contribution in [3.05, 3.63) is 35.3 Å². The minimum Gasteiger partial charge on any atom is -0.487 e. The topological polar surface area (TPSA) is 89.5 Å². The summed E-state index contributed by atoms with van der Waals surface area (Å²) in [5, 5.41) is 2.82. The summed E-state index contributed by atoms with van der Waals surface area (Å²) in [6.45, 7) is 4.23. The molecule has 8 nitrogen and oxygen atoms in total. The Bertz CT molecular complexity index is 816.